The van der Waals surface area contributed by atoms with Crippen LogP contribution in [0.2, 0.25) is 0 Å². The summed E-state index contributed by atoms with van der Waals surface area (Å²) in [6.45, 7) is 1.19. The molecule has 86 valence electrons. The van der Waals surface area contributed by atoms with Crippen molar-refractivity contribution in [3.8, 4) is 0 Å². The fourth-order valence-electron chi connectivity index (χ4n) is 1.31. The van der Waals surface area contributed by atoms with E-state index in [4.69, 9.17) is 5.73 Å². The number of nitrogens with two attached hydrogens (primary N) is 1. The standard InChI is InChI=1S/C9H20F2N2S/c1-4-8(5-14-3)13(2)7-9(10,11)6-12/h8H,4-7,12H2,1-3H3. The van der Waals surface area contributed by atoms with Gasteiger partial charge in [-0.05, 0) is 19.7 Å². The monoisotopic (exact) mass is 226 g/mol. The smallest absolute Gasteiger partial charge is 0.272 e. The first kappa shape index (κ1) is 14.1. The molecule has 2 N–H and O–H groups in total. The Kier molecular flexibility index (Phi) is 6.64. The Morgan fingerprint density at radius 1 is 1.50 bits per heavy atom. The van der Waals surface area contributed by atoms with Crippen LogP contribution < -0.4 is 5.73 Å². The zero-order chi connectivity index (χ0) is 11.2. The molecular formula is C9H20F2N2S. The third kappa shape index (κ3) is 5.12. The third-order valence-electron chi connectivity index (χ3n) is 2.23. The number of halogens is 2. The van der Waals surface area contributed by atoms with Crippen LogP contribution in [0.1, 0.15) is 13.3 Å². The summed E-state index contributed by atoms with van der Waals surface area (Å²) in [4.78, 5) is 1.70. The third-order valence-corrected chi connectivity index (χ3v) is 2.95. The minimum atomic E-state index is -2.76. The van der Waals surface area contributed by atoms with Gasteiger partial charge in [0.2, 0.25) is 0 Å². The molecule has 0 bridgehead atoms. The van der Waals surface area contributed by atoms with E-state index < -0.39 is 12.5 Å². The van der Waals surface area contributed by atoms with Crippen LogP contribution in [-0.2, 0) is 0 Å². The summed E-state index contributed by atoms with van der Waals surface area (Å²) in [6.07, 6.45) is 2.87. The highest BCUT2D eigenvalue weighted by Gasteiger charge is 2.30. The van der Waals surface area contributed by atoms with Crippen LogP contribution in [0.4, 0.5) is 8.78 Å². The summed E-state index contributed by atoms with van der Waals surface area (Å²) in [5, 5.41) is 0. The van der Waals surface area contributed by atoms with Crippen LogP contribution in [0.3, 0.4) is 0 Å². The number of nitrogens with zero attached hydrogens (tertiary/aromatic N) is 1. The van der Waals surface area contributed by atoms with E-state index in [0.29, 0.717) is 0 Å². The average Bonchev–Trinajstić information content (AvgIpc) is 2.13. The Morgan fingerprint density at radius 3 is 2.43 bits per heavy atom. The molecule has 0 saturated heterocycles. The van der Waals surface area contributed by atoms with Gasteiger partial charge in [-0.3, -0.25) is 4.90 Å². The van der Waals surface area contributed by atoms with E-state index >= 15 is 0 Å². The van der Waals surface area contributed by atoms with Gasteiger partial charge in [0.1, 0.15) is 0 Å². The molecule has 5 heteroatoms. The van der Waals surface area contributed by atoms with Gasteiger partial charge in [-0.15, -0.1) is 0 Å². The lowest BCUT2D eigenvalue weighted by Crippen LogP contribution is -2.45. The maximum Gasteiger partial charge on any atom is 0.272 e. The highest BCUT2D eigenvalue weighted by atomic mass is 32.2. The average molecular weight is 226 g/mol. The first-order chi connectivity index (χ1) is 6.46. The predicted molar refractivity (Wildman–Crippen MR) is 59.1 cm³/mol. The summed E-state index contributed by atoms with van der Waals surface area (Å²) >= 11 is 1.68. The van der Waals surface area contributed by atoms with Gasteiger partial charge in [0, 0.05) is 11.8 Å². The number of alkyl halides is 2. The molecule has 1 atom stereocenters. The van der Waals surface area contributed by atoms with E-state index in [-0.39, 0.29) is 12.6 Å². The van der Waals surface area contributed by atoms with Crippen molar-refractivity contribution in [3.05, 3.63) is 0 Å². The van der Waals surface area contributed by atoms with Crippen LogP contribution in [0.5, 0.6) is 0 Å². The number of rotatable bonds is 7. The number of hydrogen-bond donors (Lipinski definition) is 1. The van der Waals surface area contributed by atoms with Crippen LogP contribution >= 0.6 is 11.8 Å². The van der Waals surface area contributed by atoms with Crippen LogP contribution in [0.15, 0.2) is 0 Å². The van der Waals surface area contributed by atoms with E-state index in [1.165, 1.54) is 0 Å². The summed E-state index contributed by atoms with van der Waals surface area (Å²) in [5.74, 6) is -1.88. The van der Waals surface area contributed by atoms with Crippen molar-refractivity contribution in [1.29, 1.82) is 0 Å². The predicted octanol–water partition coefficient (Wildman–Crippen LogP) is 1.65. The van der Waals surface area contributed by atoms with E-state index in [1.54, 1.807) is 23.7 Å². The Labute approximate surface area is 89.2 Å². The van der Waals surface area contributed by atoms with Gasteiger partial charge in [0.15, 0.2) is 0 Å². The molecule has 0 saturated carbocycles. The second kappa shape index (κ2) is 6.58. The zero-order valence-corrected chi connectivity index (χ0v) is 9.91. The maximum absolute atomic E-state index is 13.0. The van der Waals surface area contributed by atoms with Crippen LogP contribution in [-0.4, -0.2) is 49.0 Å². The topological polar surface area (TPSA) is 29.3 Å². The van der Waals surface area contributed by atoms with Gasteiger partial charge < -0.3 is 5.73 Å². The molecule has 0 rings (SSSR count). The summed E-state index contributed by atoms with van der Waals surface area (Å²) in [6, 6.07) is 0.211. The van der Waals surface area contributed by atoms with Crippen LogP contribution in [0.25, 0.3) is 0 Å². The highest BCUT2D eigenvalue weighted by Crippen LogP contribution is 2.16. The molecule has 0 aromatic heterocycles. The Balaban J connectivity index is 4.09. The van der Waals surface area contributed by atoms with Gasteiger partial charge in [-0.25, -0.2) is 8.78 Å². The SMILES string of the molecule is CCC(CSC)N(C)CC(F)(F)CN. The fraction of sp³-hybridized carbons (Fsp3) is 1.00. The molecule has 0 spiro atoms. The lowest BCUT2D eigenvalue weighted by Gasteiger charge is -2.29. The highest BCUT2D eigenvalue weighted by molar-refractivity contribution is 7.98. The molecule has 0 amide bonds. The lowest BCUT2D eigenvalue weighted by atomic mass is 10.2. The Bertz CT molecular complexity index is 156. The van der Waals surface area contributed by atoms with Gasteiger partial charge in [-0.2, -0.15) is 11.8 Å². The largest absolute Gasteiger partial charge is 0.325 e. The molecular weight excluding hydrogens is 206 g/mol. The summed E-state index contributed by atoms with van der Waals surface area (Å²) < 4.78 is 25.9. The summed E-state index contributed by atoms with van der Waals surface area (Å²) in [5.41, 5.74) is 4.99. The zero-order valence-electron chi connectivity index (χ0n) is 9.09. The van der Waals surface area contributed by atoms with Crippen LogP contribution in [0, 0.1) is 0 Å². The quantitative estimate of drug-likeness (QED) is 0.716. The summed E-state index contributed by atoms with van der Waals surface area (Å²) in [7, 11) is 1.73. The molecule has 1 unspecified atom stereocenters. The Morgan fingerprint density at radius 2 is 2.07 bits per heavy atom. The van der Waals surface area contributed by atoms with E-state index in [0.717, 1.165) is 12.2 Å². The normalized spacial score (nSPS) is 14.8. The molecule has 0 aliphatic heterocycles. The van der Waals surface area contributed by atoms with Crippen molar-refractivity contribution in [2.75, 3.05) is 32.1 Å². The second-order valence-corrected chi connectivity index (χ2v) is 4.40. The minimum Gasteiger partial charge on any atom is -0.325 e. The first-order valence-corrected chi connectivity index (χ1v) is 6.13. The van der Waals surface area contributed by atoms with E-state index in [9.17, 15) is 8.78 Å². The van der Waals surface area contributed by atoms with Crippen molar-refractivity contribution in [2.45, 2.75) is 25.3 Å². The molecule has 0 heterocycles. The first-order valence-electron chi connectivity index (χ1n) is 4.74. The fourth-order valence-corrected chi connectivity index (χ4v) is 2.18. The second-order valence-electron chi connectivity index (χ2n) is 3.49. The molecule has 0 aromatic carbocycles. The molecule has 0 fully saturated rings. The number of hydrogen-bond acceptors (Lipinski definition) is 3. The van der Waals surface area contributed by atoms with Gasteiger partial charge >= 0.3 is 0 Å². The van der Waals surface area contributed by atoms with Crippen molar-refractivity contribution in [1.82, 2.24) is 4.90 Å². The van der Waals surface area contributed by atoms with Crippen molar-refractivity contribution in [2.24, 2.45) is 5.73 Å². The maximum atomic E-state index is 13.0. The molecule has 14 heavy (non-hydrogen) atoms. The van der Waals surface area contributed by atoms with Gasteiger partial charge in [0.05, 0.1) is 13.1 Å². The van der Waals surface area contributed by atoms with E-state index in [1.807, 2.05) is 13.2 Å². The van der Waals surface area contributed by atoms with Crippen molar-refractivity contribution >= 4 is 11.8 Å². The molecule has 0 aliphatic carbocycles. The van der Waals surface area contributed by atoms with E-state index in [2.05, 4.69) is 0 Å². The minimum absolute atomic E-state index is 0.211. The van der Waals surface area contributed by atoms with Crippen molar-refractivity contribution in [3.63, 3.8) is 0 Å². The molecule has 0 radical (unpaired) electrons. The molecule has 0 aliphatic rings. The van der Waals surface area contributed by atoms with Crippen molar-refractivity contribution < 1.29 is 8.78 Å². The van der Waals surface area contributed by atoms with Gasteiger partial charge in [0.25, 0.3) is 5.92 Å². The number of thioether (sulfide) groups is 1. The molecule has 0 aromatic rings. The Hall–Kier alpha value is 0.130. The molecule has 2 nitrogen and oxygen atoms in total. The van der Waals surface area contributed by atoms with Gasteiger partial charge in [-0.1, -0.05) is 6.92 Å². The lowest BCUT2D eigenvalue weighted by molar-refractivity contribution is -0.0250.